The first-order chi connectivity index (χ1) is 12.7. The smallest absolute Gasteiger partial charge is 0.135 e. The number of thiophene rings is 1. The van der Waals surface area contributed by atoms with Gasteiger partial charge in [-0.15, -0.1) is 11.3 Å². The van der Waals surface area contributed by atoms with Gasteiger partial charge in [0.15, 0.2) is 0 Å². The van der Waals surface area contributed by atoms with Gasteiger partial charge in [-0.25, -0.2) is 0 Å². The first-order valence-corrected chi connectivity index (χ1v) is 9.12. The van der Waals surface area contributed by atoms with Crippen LogP contribution in [-0.2, 0) is 0 Å². The van der Waals surface area contributed by atoms with Gasteiger partial charge in [-0.2, -0.15) is 0 Å². The molecule has 1 aromatic heterocycles. The first kappa shape index (κ1) is 16.5. The van der Waals surface area contributed by atoms with Crippen LogP contribution < -0.4 is 9.47 Å². The lowest BCUT2D eigenvalue weighted by molar-refractivity contribution is 0.408. The van der Waals surface area contributed by atoms with E-state index in [1.807, 2.05) is 42.5 Å². The van der Waals surface area contributed by atoms with Crippen LogP contribution in [0.5, 0.6) is 17.2 Å². The van der Waals surface area contributed by atoms with Crippen LogP contribution in [0.4, 0.5) is 0 Å². The Morgan fingerprint density at radius 3 is 2.12 bits per heavy atom. The van der Waals surface area contributed by atoms with E-state index in [0.717, 1.165) is 16.5 Å². The molecule has 0 amide bonds. The highest BCUT2D eigenvalue weighted by Gasteiger charge is 2.15. The molecule has 4 heteroatoms. The van der Waals surface area contributed by atoms with E-state index in [4.69, 9.17) is 9.47 Å². The molecule has 0 fully saturated rings. The average Bonchev–Trinajstić information content (AvgIpc) is 3.22. The van der Waals surface area contributed by atoms with Crippen LogP contribution in [0.15, 0.2) is 66.0 Å². The molecule has 0 atom stereocenters. The third kappa shape index (κ3) is 2.68. The van der Waals surface area contributed by atoms with E-state index in [0.29, 0.717) is 16.9 Å². The highest BCUT2D eigenvalue weighted by molar-refractivity contribution is 7.13. The SMILES string of the molecule is COc1ccc(OC)c2c(O)c(-c3ccc(-c4cccs4)cc3)ccc12. The molecule has 0 aliphatic rings. The topological polar surface area (TPSA) is 38.7 Å². The highest BCUT2D eigenvalue weighted by Crippen LogP contribution is 2.44. The van der Waals surface area contributed by atoms with E-state index >= 15 is 0 Å². The van der Waals surface area contributed by atoms with Crippen LogP contribution >= 0.6 is 11.3 Å². The number of rotatable bonds is 4. The van der Waals surface area contributed by atoms with Crippen molar-refractivity contribution < 1.29 is 14.6 Å². The molecule has 3 nitrogen and oxygen atoms in total. The van der Waals surface area contributed by atoms with Crippen molar-refractivity contribution in [1.82, 2.24) is 0 Å². The first-order valence-electron chi connectivity index (χ1n) is 8.24. The van der Waals surface area contributed by atoms with E-state index in [2.05, 4.69) is 23.6 Å². The van der Waals surface area contributed by atoms with Crippen molar-refractivity contribution >= 4 is 22.1 Å². The number of fused-ring (bicyclic) bond motifs is 1. The third-order valence-electron chi connectivity index (χ3n) is 4.52. The van der Waals surface area contributed by atoms with Gasteiger partial charge in [-0.1, -0.05) is 30.3 Å². The van der Waals surface area contributed by atoms with Crippen molar-refractivity contribution in [2.75, 3.05) is 14.2 Å². The Morgan fingerprint density at radius 2 is 1.46 bits per heavy atom. The van der Waals surface area contributed by atoms with Crippen molar-refractivity contribution in [3.05, 3.63) is 66.0 Å². The summed E-state index contributed by atoms with van der Waals surface area (Å²) in [5.74, 6) is 1.52. The number of phenolic OH excluding ortho intramolecular Hbond substituents is 1. The fraction of sp³-hybridized carbons (Fsp3) is 0.0909. The van der Waals surface area contributed by atoms with Gasteiger partial charge in [0.1, 0.15) is 17.2 Å². The molecule has 0 radical (unpaired) electrons. The number of ether oxygens (including phenoxy) is 2. The number of hydrogen-bond donors (Lipinski definition) is 1. The molecule has 26 heavy (non-hydrogen) atoms. The zero-order valence-corrected chi connectivity index (χ0v) is 15.3. The predicted octanol–water partition coefficient (Wildman–Crippen LogP) is 5.96. The van der Waals surface area contributed by atoms with Gasteiger partial charge in [-0.05, 0) is 46.8 Å². The molecular formula is C22H18O3S. The molecule has 0 bridgehead atoms. The van der Waals surface area contributed by atoms with Crippen LogP contribution in [0.1, 0.15) is 0 Å². The Kier molecular flexibility index (Phi) is 4.27. The molecule has 1 heterocycles. The molecule has 1 N–H and O–H groups in total. The zero-order valence-electron chi connectivity index (χ0n) is 14.5. The Balaban J connectivity index is 1.86. The van der Waals surface area contributed by atoms with Crippen molar-refractivity contribution in [3.63, 3.8) is 0 Å². The second-order valence-corrected chi connectivity index (χ2v) is 6.86. The summed E-state index contributed by atoms with van der Waals surface area (Å²) in [6.45, 7) is 0. The summed E-state index contributed by atoms with van der Waals surface area (Å²) in [4.78, 5) is 1.23. The molecule has 0 spiro atoms. The quantitative estimate of drug-likeness (QED) is 0.487. The van der Waals surface area contributed by atoms with Gasteiger partial charge in [0.05, 0.1) is 19.6 Å². The second-order valence-electron chi connectivity index (χ2n) is 5.91. The fourth-order valence-corrected chi connectivity index (χ4v) is 3.94. The Labute approximate surface area is 156 Å². The van der Waals surface area contributed by atoms with E-state index in [1.54, 1.807) is 25.6 Å². The zero-order chi connectivity index (χ0) is 18.1. The number of phenols is 1. The van der Waals surface area contributed by atoms with E-state index in [9.17, 15) is 5.11 Å². The average molecular weight is 362 g/mol. The molecule has 0 saturated carbocycles. The summed E-state index contributed by atoms with van der Waals surface area (Å²) in [6, 6.07) is 19.9. The fourth-order valence-electron chi connectivity index (χ4n) is 3.21. The third-order valence-corrected chi connectivity index (χ3v) is 5.44. The molecule has 0 unspecified atom stereocenters. The second kappa shape index (κ2) is 6.73. The summed E-state index contributed by atoms with van der Waals surface area (Å²) >= 11 is 1.71. The van der Waals surface area contributed by atoms with Crippen LogP contribution in [0.25, 0.3) is 32.3 Å². The molecule has 0 saturated heterocycles. The maximum absolute atomic E-state index is 11.0. The van der Waals surface area contributed by atoms with Gasteiger partial charge in [-0.3, -0.25) is 0 Å². The van der Waals surface area contributed by atoms with E-state index < -0.39 is 0 Å². The maximum Gasteiger partial charge on any atom is 0.135 e. The summed E-state index contributed by atoms with van der Waals surface area (Å²) in [7, 11) is 3.22. The summed E-state index contributed by atoms with van der Waals surface area (Å²) in [5.41, 5.74) is 2.89. The summed E-state index contributed by atoms with van der Waals surface area (Å²) in [5, 5.41) is 14.5. The van der Waals surface area contributed by atoms with Gasteiger partial charge in [0.25, 0.3) is 0 Å². The lowest BCUT2D eigenvalue weighted by atomic mass is 9.97. The molecule has 0 aliphatic carbocycles. The normalized spacial score (nSPS) is 10.8. The number of benzene rings is 3. The number of methoxy groups -OCH3 is 2. The number of aromatic hydroxyl groups is 1. The molecule has 4 aromatic rings. The predicted molar refractivity (Wildman–Crippen MR) is 107 cm³/mol. The molecule has 4 rings (SSSR count). The monoisotopic (exact) mass is 362 g/mol. The highest BCUT2D eigenvalue weighted by atomic mass is 32.1. The minimum Gasteiger partial charge on any atom is -0.507 e. The van der Waals surface area contributed by atoms with Crippen molar-refractivity contribution in [3.8, 4) is 38.8 Å². The van der Waals surface area contributed by atoms with Gasteiger partial charge >= 0.3 is 0 Å². The molecule has 3 aromatic carbocycles. The van der Waals surface area contributed by atoms with E-state index in [-0.39, 0.29) is 5.75 Å². The Bertz CT molecular complexity index is 1050. The van der Waals surface area contributed by atoms with Gasteiger partial charge < -0.3 is 14.6 Å². The number of hydrogen-bond acceptors (Lipinski definition) is 4. The van der Waals surface area contributed by atoms with Crippen molar-refractivity contribution in [2.45, 2.75) is 0 Å². The van der Waals surface area contributed by atoms with E-state index in [1.165, 1.54) is 10.4 Å². The Hall–Kier alpha value is -2.98. The minimum atomic E-state index is 0.196. The van der Waals surface area contributed by atoms with Crippen LogP contribution in [-0.4, -0.2) is 19.3 Å². The summed E-state index contributed by atoms with van der Waals surface area (Å²) in [6.07, 6.45) is 0. The largest absolute Gasteiger partial charge is 0.507 e. The summed E-state index contributed by atoms with van der Waals surface area (Å²) < 4.78 is 10.9. The molecular weight excluding hydrogens is 344 g/mol. The minimum absolute atomic E-state index is 0.196. The van der Waals surface area contributed by atoms with Gasteiger partial charge in [0, 0.05) is 15.8 Å². The lowest BCUT2D eigenvalue weighted by Crippen LogP contribution is -1.91. The van der Waals surface area contributed by atoms with Crippen LogP contribution in [0.2, 0.25) is 0 Å². The van der Waals surface area contributed by atoms with Gasteiger partial charge in [0.2, 0.25) is 0 Å². The molecule has 0 aliphatic heterocycles. The van der Waals surface area contributed by atoms with Crippen molar-refractivity contribution in [2.24, 2.45) is 0 Å². The lowest BCUT2D eigenvalue weighted by Gasteiger charge is -2.14. The van der Waals surface area contributed by atoms with Crippen molar-refractivity contribution in [1.29, 1.82) is 0 Å². The standard InChI is InChI=1S/C22H18O3S/c1-24-18-11-12-19(25-2)21-17(18)10-9-16(22(21)23)14-5-7-15(8-6-14)20-4-3-13-26-20/h3-13,23H,1-2H3. The molecule has 130 valence electrons. The maximum atomic E-state index is 11.0. The Morgan fingerprint density at radius 1 is 0.769 bits per heavy atom. The van der Waals surface area contributed by atoms with Crippen LogP contribution in [0.3, 0.4) is 0 Å². The van der Waals surface area contributed by atoms with Crippen LogP contribution in [0, 0.1) is 0 Å².